The highest BCUT2D eigenvalue weighted by Crippen LogP contribution is 2.21. The minimum absolute atomic E-state index is 0.0403. The molecule has 0 aliphatic heterocycles. The topological polar surface area (TPSA) is 92.4 Å². The molecule has 5 nitrogen and oxygen atoms in total. The van der Waals surface area contributed by atoms with Gasteiger partial charge in [0.2, 0.25) is 10.0 Å². The first-order valence-electron chi connectivity index (χ1n) is 5.83. The van der Waals surface area contributed by atoms with Gasteiger partial charge < -0.3 is 10.8 Å². The number of aliphatic hydroxyl groups excluding tert-OH is 1. The minimum Gasteiger partial charge on any atom is -0.399 e. The fraction of sp³-hybridized carbons (Fsp3) is 0.500. The maximum absolute atomic E-state index is 13.5. The van der Waals surface area contributed by atoms with Crippen LogP contribution in [0.1, 0.15) is 20.3 Å². The summed E-state index contributed by atoms with van der Waals surface area (Å²) >= 11 is 0. The number of anilines is 1. The molecule has 108 valence electrons. The second-order valence-corrected chi connectivity index (χ2v) is 6.89. The van der Waals surface area contributed by atoms with Crippen molar-refractivity contribution in [2.24, 2.45) is 5.41 Å². The Hall–Kier alpha value is -1.18. The summed E-state index contributed by atoms with van der Waals surface area (Å²) in [5, 5.41) is 8.88. The van der Waals surface area contributed by atoms with E-state index in [-0.39, 0.29) is 18.8 Å². The van der Waals surface area contributed by atoms with Crippen molar-refractivity contribution in [3.63, 3.8) is 0 Å². The molecule has 0 unspecified atom stereocenters. The van der Waals surface area contributed by atoms with Crippen LogP contribution in [0, 0.1) is 11.2 Å². The van der Waals surface area contributed by atoms with Crippen LogP contribution >= 0.6 is 0 Å². The zero-order valence-corrected chi connectivity index (χ0v) is 11.8. The number of rotatable bonds is 6. The summed E-state index contributed by atoms with van der Waals surface area (Å²) in [4.78, 5) is -0.465. The van der Waals surface area contributed by atoms with Gasteiger partial charge in [-0.2, -0.15) is 0 Å². The van der Waals surface area contributed by atoms with Gasteiger partial charge in [0, 0.05) is 18.8 Å². The molecular weight excluding hydrogens is 271 g/mol. The minimum atomic E-state index is -3.95. The summed E-state index contributed by atoms with van der Waals surface area (Å²) in [5.41, 5.74) is 5.22. The lowest BCUT2D eigenvalue weighted by Gasteiger charge is -2.23. The molecule has 0 amide bonds. The van der Waals surface area contributed by atoms with Crippen LogP contribution in [0.4, 0.5) is 10.1 Å². The maximum atomic E-state index is 13.5. The highest BCUT2D eigenvalue weighted by molar-refractivity contribution is 7.89. The van der Waals surface area contributed by atoms with E-state index in [9.17, 15) is 12.8 Å². The number of hydrogen-bond donors (Lipinski definition) is 3. The van der Waals surface area contributed by atoms with Crippen molar-refractivity contribution in [1.82, 2.24) is 4.72 Å². The van der Waals surface area contributed by atoms with Crippen molar-refractivity contribution in [3.05, 3.63) is 24.0 Å². The van der Waals surface area contributed by atoms with Crippen LogP contribution in [0.15, 0.2) is 23.1 Å². The quantitative estimate of drug-likeness (QED) is 0.684. The largest absolute Gasteiger partial charge is 0.399 e. The lowest BCUT2D eigenvalue weighted by atomic mass is 9.90. The van der Waals surface area contributed by atoms with Gasteiger partial charge in [0.05, 0.1) is 0 Å². The molecular formula is C12H19FN2O3S. The monoisotopic (exact) mass is 290 g/mol. The number of nitrogens with one attached hydrogen (secondary N) is 1. The third-order valence-electron chi connectivity index (χ3n) is 2.77. The first-order chi connectivity index (χ1) is 8.68. The number of sulfonamides is 1. The number of aliphatic hydroxyl groups is 1. The fourth-order valence-electron chi connectivity index (χ4n) is 1.49. The Bertz CT molecular complexity index is 544. The van der Waals surface area contributed by atoms with E-state index in [1.165, 1.54) is 6.07 Å². The summed E-state index contributed by atoms with van der Waals surface area (Å²) < 4.78 is 39.8. The van der Waals surface area contributed by atoms with Gasteiger partial charge in [-0.3, -0.25) is 0 Å². The molecule has 1 aromatic rings. The molecule has 0 fully saturated rings. The smallest absolute Gasteiger partial charge is 0.243 e. The molecule has 0 spiro atoms. The van der Waals surface area contributed by atoms with Crippen LogP contribution in [0.3, 0.4) is 0 Å². The normalized spacial score (nSPS) is 12.6. The predicted octanol–water partition coefficient (Wildman–Crippen LogP) is 1.09. The predicted molar refractivity (Wildman–Crippen MR) is 71.5 cm³/mol. The van der Waals surface area contributed by atoms with Gasteiger partial charge in [0.15, 0.2) is 0 Å². The van der Waals surface area contributed by atoms with Gasteiger partial charge in [0.1, 0.15) is 10.7 Å². The van der Waals surface area contributed by atoms with Gasteiger partial charge in [0.25, 0.3) is 0 Å². The van der Waals surface area contributed by atoms with Crippen molar-refractivity contribution < 1.29 is 17.9 Å². The molecule has 0 saturated heterocycles. The molecule has 4 N–H and O–H groups in total. The van der Waals surface area contributed by atoms with Crippen molar-refractivity contribution in [2.45, 2.75) is 25.2 Å². The van der Waals surface area contributed by atoms with Crippen molar-refractivity contribution in [2.75, 3.05) is 18.9 Å². The van der Waals surface area contributed by atoms with Crippen LogP contribution in [-0.4, -0.2) is 26.7 Å². The molecule has 0 aromatic heterocycles. The van der Waals surface area contributed by atoms with Gasteiger partial charge >= 0.3 is 0 Å². The van der Waals surface area contributed by atoms with Crippen LogP contribution < -0.4 is 10.5 Å². The Balaban J connectivity index is 2.90. The van der Waals surface area contributed by atoms with Gasteiger partial charge in [-0.05, 0) is 30.0 Å². The number of benzene rings is 1. The molecule has 0 heterocycles. The Morgan fingerprint density at radius 3 is 2.63 bits per heavy atom. The van der Waals surface area contributed by atoms with Crippen LogP contribution in [0.25, 0.3) is 0 Å². The first kappa shape index (κ1) is 15.9. The molecule has 1 rings (SSSR count). The molecule has 7 heteroatoms. The van der Waals surface area contributed by atoms with Crippen molar-refractivity contribution in [3.8, 4) is 0 Å². The standard InChI is InChI=1S/C12H19FN2O3S/c1-12(2,5-6-16)8-15-19(17,18)11-7-9(14)3-4-10(11)13/h3-4,7,15-16H,5-6,8,14H2,1-2H3. The Morgan fingerprint density at radius 1 is 1.42 bits per heavy atom. The summed E-state index contributed by atoms with van der Waals surface area (Å²) in [5.74, 6) is -0.846. The molecule has 0 atom stereocenters. The molecule has 0 aliphatic rings. The van der Waals surface area contributed by atoms with E-state index in [0.29, 0.717) is 6.42 Å². The summed E-state index contributed by atoms with van der Waals surface area (Å²) in [6.07, 6.45) is 0.439. The van der Waals surface area contributed by atoms with E-state index < -0.39 is 26.2 Å². The number of nitrogens with two attached hydrogens (primary N) is 1. The Kier molecular flexibility index (Phi) is 4.89. The van der Waals surface area contributed by atoms with Crippen molar-refractivity contribution in [1.29, 1.82) is 0 Å². The third-order valence-corrected chi connectivity index (χ3v) is 4.19. The van der Waals surface area contributed by atoms with Gasteiger partial charge in [-0.25, -0.2) is 17.5 Å². The fourth-order valence-corrected chi connectivity index (χ4v) is 2.84. The molecule has 0 radical (unpaired) electrons. The Morgan fingerprint density at radius 2 is 2.05 bits per heavy atom. The lowest BCUT2D eigenvalue weighted by molar-refractivity contribution is 0.213. The highest BCUT2D eigenvalue weighted by atomic mass is 32.2. The van der Waals surface area contributed by atoms with Gasteiger partial charge in [-0.1, -0.05) is 13.8 Å². The van der Waals surface area contributed by atoms with E-state index in [1.54, 1.807) is 13.8 Å². The molecule has 1 aromatic carbocycles. The SMILES string of the molecule is CC(C)(CCO)CNS(=O)(=O)c1cc(N)ccc1F. The lowest BCUT2D eigenvalue weighted by Crippen LogP contribution is -2.35. The average molecular weight is 290 g/mol. The van der Waals surface area contributed by atoms with Gasteiger partial charge in [-0.15, -0.1) is 0 Å². The summed E-state index contributed by atoms with van der Waals surface area (Å²) in [7, 11) is -3.95. The second-order valence-electron chi connectivity index (χ2n) is 5.15. The molecule has 0 saturated carbocycles. The molecule has 0 bridgehead atoms. The van der Waals surface area contributed by atoms with Crippen LogP contribution in [0.5, 0.6) is 0 Å². The number of hydrogen-bond acceptors (Lipinski definition) is 4. The third kappa shape index (κ3) is 4.45. The maximum Gasteiger partial charge on any atom is 0.243 e. The number of halogens is 1. The Labute approximate surface area is 112 Å². The molecule has 19 heavy (non-hydrogen) atoms. The van der Waals surface area contributed by atoms with Crippen LogP contribution in [-0.2, 0) is 10.0 Å². The van der Waals surface area contributed by atoms with Crippen LogP contribution in [0.2, 0.25) is 0 Å². The molecule has 0 aliphatic carbocycles. The second kappa shape index (κ2) is 5.85. The number of nitrogen functional groups attached to an aromatic ring is 1. The summed E-state index contributed by atoms with van der Waals surface area (Å²) in [6.45, 7) is 3.68. The zero-order valence-electron chi connectivity index (χ0n) is 11.0. The first-order valence-corrected chi connectivity index (χ1v) is 7.32. The van der Waals surface area contributed by atoms with Crippen molar-refractivity contribution >= 4 is 15.7 Å². The average Bonchev–Trinajstić information content (AvgIpc) is 2.30. The van der Waals surface area contributed by atoms with E-state index in [4.69, 9.17) is 10.8 Å². The zero-order chi connectivity index (χ0) is 14.7. The van der Waals surface area contributed by atoms with E-state index in [0.717, 1.165) is 12.1 Å². The summed E-state index contributed by atoms with van der Waals surface area (Å²) in [6, 6.07) is 3.39. The van der Waals surface area contributed by atoms with E-state index in [1.807, 2.05) is 0 Å². The van der Waals surface area contributed by atoms with E-state index in [2.05, 4.69) is 4.72 Å². The van der Waals surface area contributed by atoms with E-state index >= 15 is 0 Å². The highest BCUT2D eigenvalue weighted by Gasteiger charge is 2.24.